The van der Waals surface area contributed by atoms with Gasteiger partial charge in [0.05, 0.1) is 0 Å². The number of amides is 1. The molecular weight excluding hydrogens is 444 g/mol. The van der Waals surface area contributed by atoms with Crippen molar-refractivity contribution in [3.63, 3.8) is 0 Å². The number of hydrogen-bond donors (Lipinski definition) is 1. The second-order valence-electron chi connectivity index (χ2n) is 8.42. The SMILES string of the molecule is O=C(CCN(C1CCN(Cc2ccccc2)CC1)S(=O)(=O)c1cccs1)N1CCNCC1. The number of benzene rings is 1. The van der Waals surface area contributed by atoms with Gasteiger partial charge in [-0.2, -0.15) is 4.31 Å². The average molecular weight is 477 g/mol. The Balaban J connectivity index is 1.42. The molecule has 2 aliphatic heterocycles. The topological polar surface area (TPSA) is 73.0 Å². The lowest BCUT2D eigenvalue weighted by atomic mass is 10.0. The number of piperazine rings is 1. The van der Waals surface area contributed by atoms with Crippen molar-refractivity contribution in [1.29, 1.82) is 0 Å². The Morgan fingerprint density at radius 3 is 2.41 bits per heavy atom. The van der Waals surface area contributed by atoms with Crippen LogP contribution in [0.2, 0.25) is 0 Å². The molecule has 0 saturated carbocycles. The summed E-state index contributed by atoms with van der Waals surface area (Å²) in [5.74, 6) is 0.0411. The highest BCUT2D eigenvalue weighted by molar-refractivity contribution is 7.91. The molecule has 32 heavy (non-hydrogen) atoms. The molecule has 0 bridgehead atoms. The van der Waals surface area contributed by atoms with E-state index >= 15 is 0 Å². The van der Waals surface area contributed by atoms with Crippen molar-refractivity contribution in [2.75, 3.05) is 45.8 Å². The van der Waals surface area contributed by atoms with Gasteiger partial charge in [-0.1, -0.05) is 36.4 Å². The van der Waals surface area contributed by atoms with Crippen LogP contribution in [0.1, 0.15) is 24.8 Å². The van der Waals surface area contributed by atoms with Gasteiger partial charge in [-0.3, -0.25) is 9.69 Å². The van der Waals surface area contributed by atoms with E-state index in [0.29, 0.717) is 17.3 Å². The summed E-state index contributed by atoms with van der Waals surface area (Å²) in [6.45, 7) is 5.79. The molecule has 0 atom stereocenters. The van der Waals surface area contributed by atoms with E-state index < -0.39 is 10.0 Å². The zero-order chi connectivity index (χ0) is 22.4. The summed E-state index contributed by atoms with van der Waals surface area (Å²) in [6, 6.07) is 13.7. The van der Waals surface area contributed by atoms with Crippen molar-refractivity contribution < 1.29 is 13.2 Å². The predicted molar refractivity (Wildman–Crippen MR) is 127 cm³/mol. The number of hydrogen-bond acceptors (Lipinski definition) is 6. The molecule has 1 amide bonds. The second-order valence-corrected chi connectivity index (χ2v) is 11.5. The number of piperidine rings is 1. The molecule has 1 N–H and O–H groups in total. The molecular formula is C23H32N4O3S2. The van der Waals surface area contributed by atoms with Crippen LogP contribution in [0.15, 0.2) is 52.1 Å². The molecule has 7 nitrogen and oxygen atoms in total. The molecule has 4 rings (SSSR count). The quantitative estimate of drug-likeness (QED) is 0.633. The molecule has 0 spiro atoms. The average Bonchev–Trinajstić information content (AvgIpc) is 3.37. The molecule has 174 valence electrons. The normalized spacial score (nSPS) is 18.8. The summed E-state index contributed by atoms with van der Waals surface area (Å²) in [7, 11) is -3.61. The van der Waals surface area contributed by atoms with Crippen LogP contribution in [0.4, 0.5) is 0 Å². The molecule has 9 heteroatoms. The van der Waals surface area contributed by atoms with E-state index in [1.807, 2.05) is 23.1 Å². The van der Waals surface area contributed by atoms with E-state index in [2.05, 4.69) is 22.3 Å². The molecule has 2 aromatic rings. The summed E-state index contributed by atoms with van der Waals surface area (Å²) in [6.07, 6.45) is 1.79. The van der Waals surface area contributed by atoms with E-state index in [-0.39, 0.29) is 24.9 Å². The van der Waals surface area contributed by atoms with E-state index in [4.69, 9.17) is 0 Å². The molecule has 3 heterocycles. The number of rotatable bonds is 8. The van der Waals surface area contributed by atoms with E-state index in [9.17, 15) is 13.2 Å². The smallest absolute Gasteiger partial charge is 0.252 e. The van der Waals surface area contributed by atoms with Gasteiger partial charge < -0.3 is 10.2 Å². The lowest BCUT2D eigenvalue weighted by Crippen LogP contribution is -2.50. The largest absolute Gasteiger partial charge is 0.340 e. The Hall–Kier alpha value is -1.78. The maximum atomic E-state index is 13.4. The van der Waals surface area contributed by atoms with Gasteiger partial charge in [0.15, 0.2) is 0 Å². The van der Waals surface area contributed by atoms with Crippen LogP contribution in [0.5, 0.6) is 0 Å². The monoisotopic (exact) mass is 476 g/mol. The molecule has 0 aliphatic carbocycles. The van der Waals surface area contributed by atoms with Gasteiger partial charge in [0.25, 0.3) is 10.0 Å². The summed E-state index contributed by atoms with van der Waals surface area (Å²) in [5, 5.41) is 5.04. The predicted octanol–water partition coefficient (Wildman–Crippen LogP) is 2.23. The molecule has 2 fully saturated rings. The Morgan fingerprint density at radius 2 is 1.75 bits per heavy atom. The third-order valence-corrected chi connectivity index (χ3v) is 9.61. The first-order valence-electron chi connectivity index (χ1n) is 11.3. The van der Waals surface area contributed by atoms with Gasteiger partial charge in [0, 0.05) is 64.8 Å². The van der Waals surface area contributed by atoms with Crippen LogP contribution >= 0.6 is 11.3 Å². The summed E-state index contributed by atoms with van der Waals surface area (Å²) in [5.41, 5.74) is 1.27. The Labute approximate surface area is 195 Å². The van der Waals surface area contributed by atoms with E-state index in [1.54, 1.807) is 21.8 Å². The minimum Gasteiger partial charge on any atom is -0.340 e. The first kappa shape index (κ1) is 23.4. The standard InChI is InChI=1S/C23H32N4O3S2/c28-22(26-16-11-24-12-17-26)10-15-27(32(29,30)23-7-4-18-31-23)21-8-13-25(14-9-21)19-20-5-2-1-3-6-20/h1-7,18,21,24H,8-17,19H2. The molecule has 2 aliphatic rings. The van der Waals surface area contributed by atoms with Gasteiger partial charge in [-0.25, -0.2) is 8.42 Å². The first-order valence-corrected chi connectivity index (χ1v) is 13.7. The fraction of sp³-hybridized carbons (Fsp3) is 0.522. The third kappa shape index (κ3) is 5.77. The second kappa shape index (κ2) is 10.9. The molecule has 0 unspecified atom stereocenters. The van der Waals surface area contributed by atoms with Gasteiger partial charge >= 0.3 is 0 Å². The lowest BCUT2D eigenvalue weighted by molar-refractivity contribution is -0.131. The number of sulfonamides is 1. The maximum absolute atomic E-state index is 13.4. The summed E-state index contributed by atoms with van der Waals surface area (Å²) < 4.78 is 28.9. The highest BCUT2D eigenvalue weighted by Gasteiger charge is 2.35. The zero-order valence-corrected chi connectivity index (χ0v) is 20.0. The van der Waals surface area contributed by atoms with Crippen LogP contribution in [-0.2, 0) is 21.4 Å². The van der Waals surface area contributed by atoms with Gasteiger partial charge in [0.2, 0.25) is 5.91 Å². The number of thiophene rings is 1. The maximum Gasteiger partial charge on any atom is 0.252 e. The highest BCUT2D eigenvalue weighted by atomic mass is 32.2. The fourth-order valence-corrected chi connectivity index (χ4v) is 7.32. The van der Waals surface area contributed by atoms with Crippen molar-refractivity contribution >= 4 is 27.3 Å². The molecule has 0 radical (unpaired) electrons. The summed E-state index contributed by atoms with van der Waals surface area (Å²) >= 11 is 1.24. The summed E-state index contributed by atoms with van der Waals surface area (Å²) in [4.78, 5) is 16.9. The molecule has 1 aromatic carbocycles. The Kier molecular flexibility index (Phi) is 7.96. The number of nitrogens with one attached hydrogen (secondary N) is 1. The minimum atomic E-state index is -3.61. The fourth-order valence-electron chi connectivity index (χ4n) is 4.51. The van der Waals surface area contributed by atoms with Crippen molar-refractivity contribution in [3.05, 3.63) is 53.4 Å². The van der Waals surface area contributed by atoms with Crippen LogP contribution in [0, 0.1) is 0 Å². The van der Waals surface area contributed by atoms with Crippen molar-refractivity contribution in [1.82, 2.24) is 19.4 Å². The van der Waals surface area contributed by atoms with Gasteiger partial charge in [-0.15, -0.1) is 11.3 Å². The lowest BCUT2D eigenvalue weighted by Gasteiger charge is -2.38. The van der Waals surface area contributed by atoms with E-state index in [0.717, 1.165) is 45.6 Å². The minimum absolute atomic E-state index is 0.0411. The third-order valence-electron chi connectivity index (χ3n) is 6.29. The zero-order valence-electron chi connectivity index (χ0n) is 18.4. The number of carbonyl (C=O) groups excluding carboxylic acids is 1. The highest BCUT2D eigenvalue weighted by Crippen LogP contribution is 2.28. The van der Waals surface area contributed by atoms with Crippen LogP contribution in [0.3, 0.4) is 0 Å². The van der Waals surface area contributed by atoms with Crippen molar-refractivity contribution in [2.45, 2.75) is 36.1 Å². The van der Waals surface area contributed by atoms with Crippen molar-refractivity contribution in [3.8, 4) is 0 Å². The Morgan fingerprint density at radius 1 is 1.03 bits per heavy atom. The molecule has 2 saturated heterocycles. The number of likely N-dealkylation sites (tertiary alicyclic amines) is 1. The molecule has 1 aromatic heterocycles. The van der Waals surface area contributed by atoms with Crippen LogP contribution in [-0.4, -0.2) is 80.3 Å². The van der Waals surface area contributed by atoms with Crippen molar-refractivity contribution in [2.24, 2.45) is 0 Å². The van der Waals surface area contributed by atoms with Gasteiger partial charge in [0.1, 0.15) is 4.21 Å². The number of carbonyl (C=O) groups is 1. The van der Waals surface area contributed by atoms with Gasteiger partial charge in [-0.05, 0) is 29.9 Å². The van der Waals surface area contributed by atoms with E-state index in [1.165, 1.54) is 16.9 Å². The van der Waals surface area contributed by atoms with Crippen LogP contribution < -0.4 is 5.32 Å². The Bertz CT molecular complexity index is 952. The van der Waals surface area contributed by atoms with Crippen LogP contribution in [0.25, 0.3) is 0 Å². The first-order chi connectivity index (χ1) is 15.5. The number of nitrogens with zero attached hydrogens (tertiary/aromatic N) is 3.